The number of methoxy groups -OCH3 is 1. The fourth-order valence-corrected chi connectivity index (χ4v) is 2.33. The highest BCUT2D eigenvalue weighted by Crippen LogP contribution is 2.25. The van der Waals surface area contributed by atoms with Gasteiger partial charge in [-0.25, -0.2) is 0 Å². The molecule has 0 aliphatic carbocycles. The molecule has 0 bridgehead atoms. The number of hydrogen-bond acceptors (Lipinski definition) is 4. The van der Waals surface area contributed by atoms with Crippen LogP contribution in [0.4, 0.5) is 0 Å². The first-order valence-electron chi connectivity index (χ1n) is 6.75. The van der Waals surface area contributed by atoms with Crippen molar-refractivity contribution >= 4 is 0 Å². The predicted octanol–water partition coefficient (Wildman–Crippen LogP) is 2.54. The molecule has 1 heterocycles. The number of aromatic nitrogens is 1. The van der Waals surface area contributed by atoms with Crippen molar-refractivity contribution < 1.29 is 4.74 Å². The zero-order chi connectivity index (χ0) is 14.4. The number of hydrogen-bond donors (Lipinski definition) is 2. The monoisotopic (exact) mass is 271 g/mol. The van der Waals surface area contributed by atoms with Crippen LogP contribution in [-0.4, -0.2) is 12.1 Å². The van der Waals surface area contributed by atoms with E-state index in [1.54, 1.807) is 7.11 Å². The molecule has 2 rings (SSSR count). The van der Waals surface area contributed by atoms with Crippen molar-refractivity contribution in [3.63, 3.8) is 0 Å². The molecule has 1 aromatic heterocycles. The number of nitrogens with two attached hydrogens (primary N) is 1. The Morgan fingerprint density at radius 2 is 2.15 bits per heavy atom. The molecule has 2 aromatic rings. The van der Waals surface area contributed by atoms with Crippen molar-refractivity contribution in [1.82, 2.24) is 10.4 Å². The van der Waals surface area contributed by atoms with Crippen LogP contribution in [0.2, 0.25) is 0 Å². The van der Waals surface area contributed by atoms with Crippen molar-refractivity contribution in [2.45, 2.75) is 25.8 Å². The summed E-state index contributed by atoms with van der Waals surface area (Å²) in [6, 6.07) is 12.1. The van der Waals surface area contributed by atoms with E-state index in [2.05, 4.69) is 23.4 Å². The van der Waals surface area contributed by atoms with Crippen molar-refractivity contribution in [3.05, 3.63) is 59.4 Å². The highest BCUT2D eigenvalue weighted by Gasteiger charge is 2.13. The van der Waals surface area contributed by atoms with Gasteiger partial charge in [-0.3, -0.25) is 16.3 Å². The lowest BCUT2D eigenvalue weighted by molar-refractivity contribution is 0.413. The summed E-state index contributed by atoms with van der Waals surface area (Å²) in [7, 11) is 1.67. The fraction of sp³-hybridized carbons (Fsp3) is 0.312. The van der Waals surface area contributed by atoms with Gasteiger partial charge in [0.2, 0.25) is 0 Å². The number of nitrogens with zero attached hydrogens (tertiary/aromatic N) is 1. The number of pyridine rings is 1. The summed E-state index contributed by atoms with van der Waals surface area (Å²) in [5.74, 6) is 6.57. The smallest absolute Gasteiger partial charge is 0.119 e. The molecule has 0 spiro atoms. The number of benzene rings is 1. The molecule has 0 amide bonds. The Morgan fingerprint density at radius 1 is 1.30 bits per heavy atom. The van der Waals surface area contributed by atoms with Crippen LogP contribution in [0.3, 0.4) is 0 Å². The third-order valence-corrected chi connectivity index (χ3v) is 3.47. The van der Waals surface area contributed by atoms with Gasteiger partial charge in [0.15, 0.2) is 0 Å². The molecule has 0 aliphatic rings. The average molecular weight is 271 g/mol. The highest BCUT2D eigenvalue weighted by atomic mass is 16.5. The van der Waals surface area contributed by atoms with E-state index in [1.807, 2.05) is 36.5 Å². The van der Waals surface area contributed by atoms with Gasteiger partial charge in [-0.1, -0.05) is 12.1 Å². The van der Waals surface area contributed by atoms with Crippen molar-refractivity contribution in [2.24, 2.45) is 5.84 Å². The third kappa shape index (κ3) is 3.56. The first-order chi connectivity index (χ1) is 9.74. The van der Waals surface area contributed by atoms with E-state index in [-0.39, 0.29) is 6.04 Å². The van der Waals surface area contributed by atoms with Gasteiger partial charge < -0.3 is 4.74 Å². The van der Waals surface area contributed by atoms with Crippen molar-refractivity contribution in [2.75, 3.05) is 7.11 Å². The van der Waals surface area contributed by atoms with Crippen LogP contribution in [0, 0.1) is 6.92 Å². The second kappa shape index (κ2) is 7.03. The second-order valence-electron chi connectivity index (χ2n) is 4.80. The molecule has 1 atom stereocenters. The summed E-state index contributed by atoms with van der Waals surface area (Å²) in [4.78, 5) is 4.34. The predicted molar refractivity (Wildman–Crippen MR) is 80.4 cm³/mol. The maximum absolute atomic E-state index is 5.71. The van der Waals surface area contributed by atoms with Crippen LogP contribution in [-0.2, 0) is 6.42 Å². The number of ether oxygens (including phenoxy) is 1. The van der Waals surface area contributed by atoms with Gasteiger partial charge in [0.25, 0.3) is 0 Å². The number of nitrogens with one attached hydrogen (secondary N) is 1. The van der Waals surface area contributed by atoms with Gasteiger partial charge in [0.05, 0.1) is 7.11 Å². The van der Waals surface area contributed by atoms with Gasteiger partial charge in [0, 0.05) is 17.9 Å². The number of hydrazine groups is 1. The summed E-state index contributed by atoms with van der Waals surface area (Å²) < 4.78 is 5.23. The Bertz CT molecular complexity index is 543. The molecule has 0 aliphatic heterocycles. The Morgan fingerprint density at radius 3 is 2.75 bits per heavy atom. The van der Waals surface area contributed by atoms with Crippen LogP contribution in [0.25, 0.3) is 0 Å². The van der Waals surface area contributed by atoms with E-state index in [9.17, 15) is 0 Å². The van der Waals surface area contributed by atoms with E-state index < -0.39 is 0 Å². The maximum atomic E-state index is 5.71. The average Bonchev–Trinajstić information content (AvgIpc) is 2.50. The van der Waals surface area contributed by atoms with E-state index in [1.165, 1.54) is 11.1 Å². The third-order valence-electron chi connectivity index (χ3n) is 3.47. The minimum atomic E-state index is 0.114. The van der Waals surface area contributed by atoms with Crippen molar-refractivity contribution in [1.29, 1.82) is 0 Å². The summed E-state index contributed by atoms with van der Waals surface area (Å²) in [5.41, 5.74) is 6.35. The van der Waals surface area contributed by atoms with Gasteiger partial charge in [-0.15, -0.1) is 0 Å². The lowest BCUT2D eigenvalue weighted by atomic mass is 9.97. The standard InChI is InChI=1S/C16H21N3O/c1-12-11-14(20-2)7-8-15(12)16(19-17)9-6-13-5-3-4-10-18-13/h3-5,7-8,10-11,16,19H,6,9,17H2,1-2H3. The molecule has 0 fully saturated rings. The summed E-state index contributed by atoms with van der Waals surface area (Å²) in [6.45, 7) is 2.07. The second-order valence-corrected chi connectivity index (χ2v) is 4.80. The molecule has 0 saturated heterocycles. The lowest BCUT2D eigenvalue weighted by Gasteiger charge is -2.19. The zero-order valence-corrected chi connectivity index (χ0v) is 12.0. The molecular formula is C16H21N3O. The normalized spacial score (nSPS) is 12.2. The van der Waals surface area contributed by atoms with Crippen LogP contribution in [0.15, 0.2) is 42.6 Å². The summed E-state index contributed by atoms with van der Waals surface area (Å²) in [6.07, 6.45) is 3.61. The van der Waals surface area contributed by atoms with Crippen LogP contribution >= 0.6 is 0 Å². The maximum Gasteiger partial charge on any atom is 0.119 e. The van der Waals surface area contributed by atoms with Crippen LogP contribution in [0.5, 0.6) is 5.75 Å². The minimum absolute atomic E-state index is 0.114. The van der Waals surface area contributed by atoms with Gasteiger partial charge in [0.1, 0.15) is 5.75 Å². The summed E-state index contributed by atoms with van der Waals surface area (Å²) >= 11 is 0. The minimum Gasteiger partial charge on any atom is -0.497 e. The van der Waals surface area contributed by atoms with Gasteiger partial charge in [-0.05, 0) is 55.2 Å². The molecule has 20 heavy (non-hydrogen) atoms. The lowest BCUT2D eigenvalue weighted by Crippen LogP contribution is -2.29. The topological polar surface area (TPSA) is 60.2 Å². The molecule has 1 aromatic carbocycles. The molecule has 1 unspecified atom stereocenters. The van der Waals surface area contributed by atoms with Crippen molar-refractivity contribution in [3.8, 4) is 5.75 Å². The molecular weight excluding hydrogens is 250 g/mol. The Hall–Kier alpha value is -1.91. The number of rotatable bonds is 6. The van der Waals surface area contributed by atoms with Crippen LogP contribution in [0.1, 0.15) is 29.3 Å². The Balaban J connectivity index is 2.08. The summed E-state index contributed by atoms with van der Waals surface area (Å²) in [5, 5.41) is 0. The van der Waals surface area contributed by atoms with E-state index >= 15 is 0 Å². The van der Waals surface area contributed by atoms with E-state index in [4.69, 9.17) is 10.6 Å². The molecule has 3 N–H and O–H groups in total. The van der Waals surface area contributed by atoms with Gasteiger partial charge >= 0.3 is 0 Å². The first-order valence-corrected chi connectivity index (χ1v) is 6.75. The van der Waals surface area contributed by atoms with Crippen LogP contribution < -0.4 is 16.0 Å². The van der Waals surface area contributed by atoms with E-state index in [0.29, 0.717) is 0 Å². The number of aryl methyl sites for hydroxylation is 2. The van der Waals surface area contributed by atoms with E-state index in [0.717, 1.165) is 24.3 Å². The highest BCUT2D eigenvalue weighted by molar-refractivity contribution is 5.36. The quantitative estimate of drug-likeness (QED) is 0.626. The fourth-order valence-electron chi connectivity index (χ4n) is 2.33. The largest absolute Gasteiger partial charge is 0.497 e. The SMILES string of the molecule is COc1ccc(C(CCc2ccccn2)NN)c(C)c1. The molecule has 4 heteroatoms. The molecule has 106 valence electrons. The Labute approximate surface area is 120 Å². The zero-order valence-electron chi connectivity index (χ0n) is 12.0. The first kappa shape index (κ1) is 14.5. The molecule has 0 radical (unpaired) electrons. The van der Waals surface area contributed by atoms with Gasteiger partial charge in [-0.2, -0.15) is 0 Å². The Kier molecular flexibility index (Phi) is 5.09. The molecule has 0 saturated carbocycles. The molecule has 4 nitrogen and oxygen atoms in total.